The number of methoxy groups -OCH3 is 1. The molecule has 6 nitrogen and oxygen atoms in total. The summed E-state index contributed by atoms with van der Waals surface area (Å²) in [6.45, 7) is 1.87. The number of nitrogens with one attached hydrogen (secondary N) is 2. The summed E-state index contributed by atoms with van der Waals surface area (Å²) in [6.07, 6.45) is 0. The Hall–Kier alpha value is -2.84. The van der Waals surface area contributed by atoms with E-state index in [2.05, 4.69) is 26.0 Å². The van der Waals surface area contributed by atoms with Gasteiger partial charge in [-0.15, -0.1) is 0 Å². The van der Waals surface area contributed by atoms with Crippen molar-refractivity contribution in [2.24, 2.45) is 0 Å². The van der Waals surface area contributed by atoms with Crippen molar-refractivity contribution in [2.75, 3.05) is 17.1 Å². The van der Waals surface area contributed by atoms with Crippen LogP contribution >= 0.6 is 15.9 Å². The number of hydrogen-bond acceptors (Lipinski definition) is 4. The highest BCUT2D eigenvalue weighted by Gasteiger charge is 2.18. The van der Waals surface area contributed by atoms with Crippen LogP contribution < -0.4 is 14.8 Å². The van der Waals surface area contributed by atoms with E-state index in [-0.39, 0.29) is 10.5 Å². The number of para-hydroxylation sites is 2. The molecule has 0 fully saturated rings. The van der Waals surface area contributed by atoms with Crippen LogP contribution in [0.2, 0.25) is 0 Å². The number of carbonyl (C=O) groups excluding carboxylic acids is 1. The van der Waals surface area contributed by atoms with Crippen LogP contribution in [0.5, 0.6) is 5.75 Å². The lowest BCUT2D eigenvalue weighted by Crippen LogP contribution is -2.16. The molecule has 0 radical (unpaired) electrons. The fraction of sp³-hybridized carbons (Fsp3) is 0.0952. The monoisotopic (exact) mass is 474 g/mol. The Morgan fingerprint density at radius 3 is 2.45 bits per heavy atom. The molecule has 3 aromatic carbocycles. The molecule has 3 rings (SSSR count). The number of sulfonamides is 1. The molecule has 2 N–H and O–H groups in total. The number of ether oxygens (including phenoxy) is 1. The van der Waals surface area contributed by atoms with Gasteiger partial charge in [-0.25, -0.2) is 8.42 Å². The first-order valence-electron chi connectivity index (χ1n) is 8.63. The standard InChI is InChI=1S/C21H19BrN2O4S/c1-14-12-16(22)10-11-18(14)23-21(25)15-6-5-7-17(13-15)29(26,27)24-19-8-3-4-9-20(19)28-2/h3-13,24H,1-2H3,(H,23,25). The van der Waals surface area contributed by atoms with Gasteiger partial charge in [0.15, 0.2) is 0 Å². The largest absolute Gasteiger partial charge is 0.495 e. The summed E-state index contributed by atoms with van der Waals surface area (Å²) in [4.78, 5) is 12.6. The minimum atomic E-state index is -3.90. The molecule has 0 saturated heterocycles. The Bertz CT molecular complexity index is 1160. The molecule has 29 heavy (non-hydrogen) atoms. The van der Waals surface area contributed by atoms with Crippen LogP contribution in [0, 0.1) is 6.92 Å². The number of hydrogen-bond donors (Lipinski definition) is 2. The number of halogens is 1. The molecule has 150 valence electrons. The number of carbonyl (C=O) groups is 1. The third-order valence-corrected chi connectivity index (χ3v) is 6.05. The maximum atomic E-state index is 12.8. The van der Waals surface area contributed by atoms with E-state index in [0.717, 1.165) is 10.0 Å². The molecule has 0 aliphatic rings. The van der Waals surface area contributed by atoms with Gasteiger partial charge >= 0.3 is 0 Å². The van der Waals surface area contributed by atoms with Crippen molar-refractivity contribution >= 4 is 43.2 Å². The molecule has 0 atom stereocenters. The van der Waals surface area contributed by atoms with Gasteiger partial charge in [0.2, 0.25) is 0 Å². The lowest BCUT2D eigenvalue weighted by molar-refractivity contribution is 0.102. The van der Waals surface area contributed by atoms with E-state index in [4.69, 9.17) is 4.74 Å². The average molecular weight is 475 g/mol. The van der Waals surface area contributed by atoms with Crippen LogP contribution in [0.1, 0.15) is 15.9 Å². The van der Waals surface area contributed by atoms with E-state index in [1.54, 1.807) is 36.4 Å². The van der Waals surface area contributed by atoms with Crippen LogP contribution in [0.3, 0.4) is 0 Å². The van der Waals surface area contributed by atoms with Crippen LogP contribution in [0.15, 0.2) is 76.1 Å². The Kier molecular flexibility index (Phi) is 6.24. The highest BCUT2D eigenvalue weighted by Crippen LogP contribution is 2.26. The maximum absolute atomic E-state index is 12.8. The fourth-order valence-electron chi connectivity index (χ4n) is 2.70. The lowest BCUT2D eigenvalue weighted by Gasteiger charge is -2.13. The van der Waals surface area contributed by atoms with Crippen LogP contribution in [0.4, 0.5) is 11.4 Å². The molecule has 3 aromatic rings. The third kappa shape index (κ3) is 4.96. The summed E-state index contributed by atoms with van der Waals surface area (Å²) in [5.74, 6) is 0.000417. The zero-order valence-corrected chi connectivity index (χ0v) is 18.2. The zero-order chi connectivity index (χ0) is 21.0. The molecular weight excluding hydrogens is 456 g/mol. The molecule has 8 heteroatoms. The molecule has 0 unspecified atom stereocenters. The smallest absolute Gasteiger partial charge is 0.262 e. The van der Waals surface area contributed by atoms with Gasteiger partial charge < -0.3 is 10.1 Å². The second kappa shape index (κ2) is 8.67. The van der Waals surface area contributed by atoms with E-state index in [9.17, 15) is 13.2 Å². The normalized spacial score (nSPS) is 11.0. The van der Waals surface area contributed by atoms with E-state index in [1.165, 1.54) is 25.3 Å². The molecule has 0 bridgehead atoms. The number of amides is 1. The molecule has 1 amide bonds. The summed E-state index contributed by atoms with van der Waals surface area (Å²) in [7, 11) is -2.44. The molecule has 0 heterocycles. The molecule has 0 saturated carbocycles. The van der Waals surface area contributed by atoms with Crippen LogP contribution in [-0.2, 0) is 10.0 Å². The van der Waals surface area contributed by atoms with Gasteiger partial charge in [0, 0.05) is 15.7 Å². The predicted octanol–water partition coefficient (Wildman–Crippen LogP) is 4.82. The van der Waals surface area contributed by atoms with Gasteiger partial charge in [0.05, 0.1) is 17.7 Å². The van der Waals surface area contributed by atoms with Gasteiger partial charge in [-0.2, -0.15) is 0 Å². The first-order chi connectivity index (χ1) is 13.8. The van der Waals surface area contributed by atoms with Gasteiger partial charge in [-0.05, 0) is 61.0 Å². The Labute approximate surface area is 178 Å². The fourth-order valence-corrected chi connectivity index (χ4v) is 4.29. The predicted molar refractivity (Wildman–Crippen MR) is 117 cm³/mol. The summed E-state index contributed by atoms with van der Waals surface area (Å²) in [5, 5.41) is 2.81. The summed E-state index contributed by atoms with van der Waals surface area (Å²) < 4.78 is 34.2. The highest BCUT2D eigenvalue weighted by atomic mass is 79.9. The Balaban J connectivity index is 1.85. The Morgan fingerprint density at radius 2 is 1.72 bits per heavy atom. The second-order valence-electron chi connectivity index (χ2n) is 6.25. The van der Waals surface area contributed by atoms with Crippen molar-refractivity contribution in [1.82, 2.24) is 0 Å². The SMILES string of the molecule is COc1ccccc1NS(=O)(=O)c1cccc(C(=O)Nc2ccc(Br)cc2C)c1. The number of rotatable bonds is 6. The Morgan fingerprint density at radius 1 is 0.966 bits per heavy atom. The summed E-state index contributed by atoms with van der Waals surface area (Å²) in [6, 6.07) is 18.0. The van der Waals surface area contributed by atoms with Crippen molar-refractivity contribution in [3.8, 4) is 5.75 Å². The lowest BCUT2D eigenvalue weighted by atomic mass is 10.1. The van der Waals surface area contributed by atoms with Gasteiger partial charge in [-0.1, -0.05) is 34.1 Å². The minimum absolute atomic E-state index is 0.0245. The van der Waals surface area contributed by atoms with Gasteiger partial charge in [0.1, 0.15) is 5.75 Å². The third-order valence-electron chi connectivity index (χ3n) is 4.19. The molecule has 0 aromatic heterocycles. The number of anilines is 2. The van der Waals surface area contributed by atoms with E-state index in [0.29, 0.717) is 17.1 Å². The van der Waals surface area contributed by atoms with Gasteiger partial charge in [0.25, 0.3) is 15.9 Å². The van der Waals surface area contributed by atoms with Gasteiger partial charge in [-0.3, -0.25) is 9.52 Å². The van der Waals surface area contributed by atoms with Crippen molar-refractivity contribution in [3.63, 3.8) is 0 Å². The van der Waals surface area contributed by atoms with Crippen LogP contribution in [-0.4, -0.2) is 21.4 Å². The van der Waals surface area contributed by atoms with Crippen molar-refractivity contribution in [3.05, 3.63) is 82.3 Å². The number of aryl methyl sites for hydroxylation is 1. The molecule has 0 spiro atoms. The molecule has 0 aliphatic heterocycles. The molecule has 0 aliphatic carbocycles. The average Bonchev–Trinajstić information content (AvgIpc) is 2.70. The number of benzene rings is 3. The van der Waals surface area contributed by atoms with Crippen molar-refractivity contribution < 1.29 is 17.9 Å². The minimum Gasteiger partial charge on any atom is -0.495 e. The first kappa shape index (κ1) is 20.9. The second-order valence-corrected chi connectivity index (χ2v) is 8.85. The van der Waals surface area contributed by atoms with Crippen LogP contribution in [0.25, 0.3) is 0 Å². The summed E-state index contributed by atoms with van der Waals surface area (Å²) in [5.41, 5.74) is 2.08. The topological polar surface area (TPSA) is 84.5 Å². The van der Waals surface area contributed by atoms with Crippen molar-refractivity contribution in [1.29, 1.82) is 0 Å². The highest BCUT2D eigenvalue weighted by molar-refractivity contribution is 9.10. The quantitative estimate of drug-likeness (QED) is 0.536. The van der Waals surface area contributed by atoms with Crippen molar-refractivity contribution in [2.45, 2.75) is 11.8 Å². The zero-order valence-electron chi connectivity index (χ0n) is 15.8. The summed E-state index contributed by atoms with van der Waals surface area (Å²) >= 11 is 3.38. The van der Waals surface area contributed by atoms with E-state index in [1.807, 2.05) is 19.1 Å². The van der Waals surface area contributed by atoms with E-state index >= 15 is 0 Å². The first-order valence-corrected chi connectivity index (χ1v) is 10.9. The molecular formula is C21H19BrN2O4S. The maximum Gasteiger partial charge on any atom is 0.262 e. The van der Waals surface area contributed by atoms with E-state index < -0.39 is 15.9 Å².